The van der Waals surface area contributed by atoms with Crippen LogP contribution in [-0.2, 0) is 34.6 Å². The Bertz CT molecular complexity index is 1690. The molecule has 0 unspecified atom stereocenters. The fraction of sp³-hybridized carbons (Fsp3) is 0.400. The number of nitrogens with zero attached hydrogens (tertiary/aromatic N) is 5. The molecule has 1 N–H and O–H groups in total. The van der Waals surface area contributed by atoms with E-state index >= 15 is 8.78 Å². The van der Waals surface area contributed by atoms with Crippen molar-refractivity contribution in [3.05, 3.63) is 77.4 Å². The molecule has 2 aliphatic heterocycles. The maximum absolute atomic E-state index is 15.5. The first-order valence-corrected chi connectivity index (χ1v) is 14.0. The number of carbonyl (C=O) groups is 3. The number of urea groups is 1. The van der Waals surface area contributed by atoms with Crippen molar-refractivity contribution in [2.75, 3.05) is 26.7 Å². The lowest BCUT2D eigenvalue weighted by atomic mass is 9.90. The third kappa shape index (κ3) is 4.93. The van der Waals surface area contributed by atoms with E-state index in [1.165, 1.54) is 53.2 Å². The number of carbonyl (C=O) groups excluding carboxylic acids is 3. The monoisotopic (exact) mass is 634 g/mol. The van der Waals surface area contributed by atoms with Gasteiger partial charge in [0, 0.05) is 44.0 Å². The van der Waals surface area contributed by atoms with Crippen molar-refractivity contribution in [3.63, 3.8) is 0 Å². The molecule has 9 nitrogen and oxygen atoms in total. The maximum Gasteiger partial charge on any atom is 0.413 e. The van der Waals surface area contributed by atoms with Gasteiger partial charge in [0.25, 0.3) is 11.8 Å². The summed E-state index contributed by atoms with van der Waals surface area (Å²) in [7, 11) is 3.12. The molecule has 0 radical (unpaired) electrons. The van der Waals surface area contributed by atoms with Gasteiger partial charge < -0.3 is 15.1 Å². The number of halogens is 6. The van der Waals surface area contributed by atoms with E-state index in [9.17, 15) is 31.9 Å². The van der Waals surface area contributed by atoms with Crippen LogP contribution in [0.2, 0.25) is 0 Å². The first-order chi connectivity index (χ1) is 21.1. The number of alkyl halides is 5. The second-order valence-corrected chi connectivity index (χ2v) is 11.9. The first kappa shape index (κ1) is 30.6. The Labute approximate surface area is 253 Å². The minimum absolute atomic E-state index is 0.00580. The average molecular weight is 635 g/mol. The number of aryl methyl sites for hydroxylation is 1. The smallest absolute Gasteiger partial charge is 0.321 e. The van der Waals surface area contributed by atoms with Crippen LogP contribution < -0.4 is 5.32 Å². The number of rotatable bonds is 6. The molecule has 1 aliphatic carbocycles. The molecule has 1 aromatic heterocycles. The van der Waals surface area contributed by atoms with Crippen molar-refractivity contribution < 1.29 is 40.7 Å². The molecule has 15 heteroatoms. The van der Waals surface area contributed by atoms with Crippen LogP contribution in [-0.4, -0.2) is 80.7 Å². The number of likely N-dealkylation sites (N-methyl/N-ethyl adjacent to an activating group) is 1. The highest BCUT2D eigenvalue weighted by atomic mass is 19.4. The van der Waals surface area contributed by atoms with Crippen LogP contribution in [0.1, 0.15) is 29.5 Å². The fourth-order valence-corrected chi connectivity index (χ4v) is 6.62. The summed E-state index contributed by atoms with van der Waals surface area (Å²) >= 11 is 0. The van der Waals surface area contributed by atoms with Crippen LogP contribution >= 0.6 is 0 Å². The Balaban J connectivity index is 1.33. The SMILES string of the molecule is CN1CC[C@](N(Cc2ccc(F)cc2)C(=O)CN2C(=O)N[C@]3(CC(F)(F)c4cc(-c5cnn(C)c5)ccc43)C2=O)(C(F)(F)F)C1. The number of hydrogen-bond acceptors (Lipinski definition) is 5. The summed E-state index contributed by atoms with van der Waals surface area (Å²) in [5.41, 5.74) is -4.43. The Morgan fingerprint density at radius 1 is 1.04 bits per heavy atom. The Morgan fingerprint density at radius 3 is 2.36 bits per heavy atom. The van der Waals surface area contributed by atoms with Gasteiger partial charge in [-0.25, -0.2) is 18.0 Å². The Kier molecular flexibility index (Phi) is 7.02. The van der Waals surface area contributed by atoms with Gasteiger partial charge in [0.15, 0.2) is 11.1 Å². The molecule has 2 saturated heterocycles. The average Bonchev–Trinajstić information content (AvgIpc) is 3.69. The molecular formula is C30H28F6N6O3. The summed E-state index contributed by atoms with van der Waals surface area (Å²) in [5, 5.41) is 6.36. The quantitative estimate of drug-likeness (QED) is 0.326. The highest BCUT2D eigenvalue weighted by molar-refractivity contribution is 6.10. The molecule has 0 saturated carbocycles. The molecule has 3 aromatic rings. The minimum Gasteiger partial charge on any atom is -0.321 e. The molecule has 4 amide bonds. The zero-order valence-electron chi connectivity index (χ0n) is 24.2. The van der Waals surface area contributed by atoms with Gasteiger partial charge in [0.05, 0.1) is 12.6 Å². The lowest BCUT2D eigenvalue weighted by Crippen LogP contribution is -2.63. The van der Waals surface area contributed by atoms with Gasteiger partial charge in [-0.15, -0.1) is 0 Å². The Morgan fingerprint density at radius 2 is 1.76 bits per heavy atom. The van der Waals surface area contributed by atoms with Crippen molar-refractivity contribution >= 4 is 17.8 Å². The number of imide groups is 1. The van der Waals surface area contributed by atoms with Crippen LogP contribution in [0.25, 0.3) is 11.1 Å². The lowest BCUT2D eigenvalue weighted by Gasteiger charge is -2.43. The van der Waals surface area contributed by atoms with E-state index in [1.54, 1.807) is 13.2 Å². The molecule has 238 valence electrons. The third-order valence-electron chi connectivity index (χ3n) is 8.91. The van der Waals surface area contributed by atoms with E-state index in [1.807, 2.05) is 0 Å². The van der Waals surface area contributed by atoms with Gasteiger partial charge >= 0.3 is 12.2 Å². The van der Waals surface area contributed by atoms with Crippen molar-refractivity contribution in [2.24, 2.45) is 7.05 Å². The third-order valence-corrected chi connectivity index (χ3v) is 8.91. The summed E-state index contributed by atoms with van der Waals surface area (Å²) in [4.78, 5) is 43.1. The van der Waals surface area contributed by atoms with Crippen LogP contribution in [0, 0.1) is 5.82 Å². The lowest BCUT2D eigenvalue weighted by molar-refractivity contribution is -0.229. The van der Waals surface area contributed by atoms with Crippen molar-refractivity contribution in [3.8, 4) is 11.1 Å². The standard InChI is InChI=1S/C30H28F6N6O3/c1-39-10-9-27(17-39,30(34,35)36)42(13-18-3-6-21(31)7-4-18)24(43)15-41-25(44)28(38-26(41)45)16-29(32,33)23-11-19(5-8-22(23)28)20-12-37-40(2)14-20/h3-8,11-12,14H,9-10,13,15-17H2,1-2H3,(H,38,45)/t27-,28+/m1/s1. The van der Waals surface area contributed by atoms with Gasteiger partial charge in [-0.1, -0.05) is 24.3 Å². The van der Waals surface area contributed by atoms with Crippen molar-refractivity contribution in [1.29, 1.82) is 0 Å². The molecule has 2 aromatic carbocycles. The molecule has 2 atom stereocenters. The van der Waals surface area contributed by atoms with Crippen molar-refractivity contribution in [2.45, 2.75) is 42.6 Å². The van der Waals surface area contributed by atoms with E-state index in [2.05, 4.69) is 10.4 Å². The predicted octanol–water partition coefficient (Wildman–Crippen LogP) is 4.13. The summed E-state index contributed by atoms with van der Waals surface area (Å²) < 4.78 is 90.2. The molecular weight excluding hydrogens is 606 g/mol. The molecule has 1 spiro atoms. The van der Waals surface area contributed by atoms with Crippen LogP contribution in [0.5, 0.6) is 0 Å². The first-order valence-electron chi connectivity index (χ1n) is 14.0. The number of likely N-dealkylation sites (tertiary alicyclic amines) is 1. The van der Waals surface area contributed by atoms with E-state index < -0.39 is 84.9 Å². The summed E-state index contributed by atoms with van der Waals surface area (Å²) in [5.74, 6) is -6.57. The highest BCUT2D eigenvalue weighted by Gasteiger charge is 2.65. The summed E-state index contributed by atoms with van der Waals surface area (Å²) in [6.45, 7) is -2.29. The molecule has 0 bridgehead atoms. The zero-order valence-corrected chi connectivity index (χ0v) is 24.2. The number of hydrogen-bond donors (Lipinski definition) is 1. The number of fused-ring (bicyclic) bond motifs is 2. The summed E-state index contributed by atoms with van der Waals surface area (Å²) in [6, 6.07) is 7.38. The van der Waals surface area contributed by atoms with Gasteiger partial charge in [0.2, 0.25) is 5.91 Å². The van der Waals surface area contributed by atoms with E-state index in [-0.39, 0.29) is 17.7 Å². The predicted molar refractivity (Wildman–Crippen MR) is 147 cm³/mol. The number of amides is 4. The van der Waals surface area contributed by atoms with E-state index in [4.69, 9.17) is 0 Å². The van der Waals surface area contributed by atoms with Crippen LogP contribution in [0.3, 0.4) is 0 Å². The van der Waals surface area contributed by atoms with Gasteiger partial charge in [-0.2, -0.15) is 18.3 Å². The maximum atomic E-state index is 15.5. The normalized spacial score (nSPS) is 24.4. The van der Waals surface area contributed by atoms with E-state index in [0.717, 1.165) is 12.1 Å². The number of aromatic nitrogens is 2. The second kappa shape index (κ2) is 10.3. The molecule has 6 rings (SSSR count). The summed E-state index contributed by atoms with van der Waals surface area (Å²) in [6.07, 6.45) is -3.42. The number of nitrogens with one attached hydrogen (secondary N) is 1. The van der Waals surface area contributed by atoms with Gasteiger partial charge in [-0.3, -0.25) is 19.2 Å². The van der Waals surface area contributed by atoms with Crippen LogP contribution in [0.4, 0.5) is 31.1 Å². The Hall–Kier alpha value is -4.40. The van der Waals surface area contributed by atoms with Gasteiger partial charge in [-0.05, 0) is 48.4 Å². The van der Waals surface area contributed by atoms with Crippen LogP contribution in [0.15, 0.2) is 54.9 Å². The zero-order chi connectivity index (χ0) is 32.5. The fourth-order valence-electron chi connectivity index (χ4n) is 6.62. The second-order valence-electron chi connectivity index (χ2n) is 11.9. The van der Waals surface area contributed by atoms with Crippen molar-refractivity contribution in [1.82, 2.24) is 29.8 Å². The molecule has 45 heavy (non-hydrogen) atoms. The molecule has 2 fully saturated rings. The van der Waals surface area contributed by atoms with E-state index in [0.29, 0.717) is 20.9 Å². The number of benzene rings is 2. The molecule has 3 aliphatic rings. The largest absolute Gasteiger partial charge is 0.413 e. The van der Waals surface area contributed by atoms with Gasteiger partial charge in [0.1, 0.15) is 12.4 Å². The topological polar surface area (TPSA) is 90.8 Å². The minimum atomic E-state index is -4.91. The molecule has 3 heterocycles. The highest BCUT2D eigenvalue weighted by Crippen LogP contribution is 2.53.